The van der Waals surface area contributed by atoms with E-state index in [0.717, 1.165) is 31.1 Å². The summed E-state index contributed by atoms with van der Waals surface area (Å²) in [4.78, 5) is 13.1. The van der Waals surface area contributed by atoms with Crippen LogP contribution in [0.5, 0.6) is 0 Å². The van der Waals surface area contributed by atoms with E-state index in [2.05, 4.69) is 40.3 Å². The lowest BCUT2D eigenvalue weighted by molar-refractivity contribution is -0.144. The summed E-state index contributed by atoms with van der Waals surface area (Å²) < 4.78 is 0.240. The Kier molecular flexibility index (Phi) is 3.41. The topological polar surface area (TPSA) is 29.1 Å². The first-order chi connectivity index (χ1) is 10.5. The van der Waals surface area contributed by atoms with Gasteiger partial charge in [0.05, 0.1) is 11.5 Å². The van der Waals surface area contributed by atoms with Crippen molar-refractivity contribution in [2.75, 3.05) is 0 Å². The molecule has 3 heteroatoms. The van der Waals surface area contributed by atoms with Gasteiger partial charge in [-0.2, -0.15) is 0 Å². The van der Waals surface area contributed by atoms with Crippen molar-refractivity contribution in [1.82, 2.24) is 5.32 Å². The van der Waals surface area contributed by atoms with E-state index in [1.807, 2.05) is 18.2 Å². The Bertz CT molecular complexity index is 570. The van der Waals surface area contributed by atoms with Gasteiger partial charge in [0.1, 0.15) is 0 Å². The molecule has 1 aromatic rings. The molecule has 3 atom stereocenters. The van der Waals surface area contributed by atoms with Crippen molar-refractivity contribution in [2.24, 2.45) is 17.3 Å². The molecule has 4 bridgehead atoms. The summed E-state index contributed by atoms with van der Waals surface area (Å²) >= 11 is 3.99. The highest BCUT2D eigenvalue weighted by molar-refractivity contribution is 9.10. The molecule has 1 aromatic carbocycles. The number of amides is 1. The SMILES string of the molecule is CC(NC(=O)C12CC3CC(CC(Br)(C3)C1)C2)c1ccccc1. The zero-order valence-electron chi connectivity index (χ0n) is 13.1. The lowest BCUT2D eigenvalue weighted by Gasteiger charge is -2.59. The fourth-order valence-electron chi connectivity index (χ4n) is 5.59. The first-order valence-electron chi connectivity index (χ1n) is 8.53. The quantitative estimate of drug-likeness (QED) is 0.783. The third-order valence-corrected chi connectivity index (χ3v) is 7.05. The Hall–Kier alpha value is -0.830. The normalized spacial score (nSPS) is 40.5. The zero-order valence-corrected chi connectivity index (χ0v) is 14.7. The molecule has 1 amide bonds. The maximum absolute atomic E-state index is 13.1. The first kappa shape index (κ1) is 14.7. The molecule has 0 heterocycles. The number of hydrogen-bond acceptors (Lipinski definition) is 1. The molecule has 5 rings (SSSR count). The number of carbonyl (C=O) groups is 1. The smallest absolute Gasteiger partial charge is 0.226 e. The third kappa shape index (κ3) is 2.42. The molecular weight excluding hydrogens is 338 g/mol. The van der Waals surface area contributed by atoms with E-state index in [1.54, 1.807) is 0 Å². The molecule has 0 radical (unpaired) electrons. The lowest BCUT2D eigenvalue weighted by atomic mass is 9.49. The highest BCUT2D eigenvalue weighted by atomic mass is 79.9. The van der Waals surface area contributed by atoms with Crippen LogP contribution in [-0.2, 0) is 4.79 Å². The Labute approximate surface area is 141 Å². The van der Waals surface area contributed by atoms with Crippen molar-refractivity contribution >= 4 is 21.8 Å². The molecule has 0 saturated heterocycles. The highest BCUT2D eigenvalue weighted by Crippen LogP contribution is 2.64. The zero-order chi connectivity index (χ0) is 15.4. The van der Waals surface area contributed by atoms with E-state index in [0.29, 0.717) is 5.91 Å². The van der Waals surface area contributed by atoms with Crippen molar-refractivity contribution in [2.45, 2.75) is 55.8 Å². The molecule has 118 valence electrons. The number of carbonyl (C=O) groups excluding carboxylic acids is 1. The monoisotopic (exact) mass is 361 g/mol. The van der Waals surface area contributed by atoms with Gasteiger partial charge < -0.3 is 5.32 Å². The Morgan fingerprint density at radius 3 is 2.41 bits per heavy atom. The Balaban J connectivity index is 1.53. The van der Waals surface area contributed by atoms with E-state index in [-0.39, 0.29) is 15.8 Å². The molecule has 0 aliphatic heterocycles. The summed E-state index contributed by atoms with van der Waals surface area (Å²) in [6, 6.07) is 10.4. The number of nitrogens with one attached hydrogen (secondary N) is 1. The second-order valence-electron chi connectivity index (χ2n) is 8.00. The van der Waals surface area contributed by atoms with Crippen LogP contribution in [0.2, 0.25) is 0 Å². The number of rotatable bonds is 3. The van der Waals surface area contributed by atoms with Gasteiger partial charge in [0.2, 0.25) is 5.91 Å². The van der Waals surface area contributed by atoms with Gasteiger partial charge in [-0.1, -0.05) is 46.3 Å². The molecule has 4 saturated carbocycles. The van der Waals surface area contributed by atoms with Gasteiger partial charge in [0.25, 0.3) is 0 Å². The van der Waals surface area contributed by atoms with Crippen LogP contribution in [0.3, 0.4) is 0 Å². The van der Waals surface area contributed by atoms with E-state index < -0.39 is 0 Å². The summed E-state index contributed by atoms with van der Waals surface area (Å²) in [5.74, 6) is 1.79. The fraction of sp³-hybridized carbons (Fsp3) is 0.632. The molecule has 0 spiro atoms. The standard InChI is InChI=1S/C19H24BrNO/c1-13(16-5-3-2-4-6-16)21-17(22)18-8-14-7-15(9-18)11-19(20,10-14)12-18/h2-6,13-15H,7-12H2,1H3,(H,21,22). The molecule has 2 nitrogen and oxygen atoms in total. The number of hydrogen-bond donors (Lipinski definition) is 1. The summed E-state index contributed by atoms with van der Waals surface area (Å²) in [7, 11) is 0. The van der Waals surface area contributed by atoms with Crippen LogP contribution >= 0.6 is 15.9 Å². The van der Waals surface area contributed by atoms with Crippen LogP contribution in [0.4, 0.5) is 0 Å². The minimum Gasteiger partial charge on any atom is -0.349 e. The fourth-order valence-corrected chi connectivity index (χ4v) is 7.04. The van der Waals surface area contributed by atoms with Crippen LogP contribution in [0.1, 0.15) is 57.1 Å². The number of halogens is 1. The number of alkyl halides is 1. The van der Waals surface area contributed by atoms with Crippen molar-refractivity contribution in [1.29, 1.82) is 0 Å². The minimum atomic E-state index is -0.114. The average molecular weight is 362 g/mol. The third-order valence-electron chi connectivity index (χ3n) is 6.12. The van der Waals surface area contributed by atoms with Crippen molar-refractivity contribution in [3.05, 3.63) is 35.9 Å². The minimum absolute atomic E-state index is 0.0907. The molecular formula is C19H24BrNO. The van der Waals surface area contributed by atoms with Crippen LogP contribution in [0.15, 0.2) is 30.3 Å². The van der Waals surface area contributed by atoms with Crippen molar-refractivity contribution in [3.63, 3.8) is 0 Å². The van der Waals surface area contributed by atoms with Crippen LogP contribution in [0, 0.1) is 17.3 Å². The van der Waals surface area contributed by atoms with E-state index >= 15 is 0 Å². The van der Waals surface area contributed by atoms with E-state index in [4.69, 9.17) is 0 Å². The first-order valence-corrected chi connectivity index (χ1v) is 9.32. The molecule has 4 fully saturated rings. The summed E-state index contributed by atoms with van der Waals surface area (Å²) in [6.07, 6.45) is 7.12. The van der Waals surface area contributed by atoms with Gasteiger partial charge in [0.15, 0.2) is 0 Å². The van der Waals surface area contributed by atoms with E-state index in [1.165, 1.54) is 24.8 Å². The maximum Gasteiger partial charge on any atom is 0.226 e. The Morgan fingerprint density at radius 1 is 1.18 bits per heavy atom. The summed E-state index contributed by atoms with van der Waals surface area (Å²) in [6.45, 7) is 2.09. The molecule has 3 unspecified atom stereocenters. The lowest BCUT2D eigenvalue weighted by Crippen LogP contribution is -2.58. The van der Waals surface area contributed by atoms with Crippen LogP contribution in [-0.4, -0.2) is 10.2 Å². The van der Waals surface area contributed by atoms with Gasteiger partial charge >= 0.3 is 0 Å². The Morgan fingerprint density at radius 2 is 1.82 bits per heavy atom. The van der Waals surface area contributed by atoms with E-state index in [9.17, 15) is 4.79 Å². The van der Waals surface area contributed by atoms with Crippen molar-refractivity contribution in [3.8, 4) is 0 Å². The predicted molar refractivity (Wildman–Crippen MR) is 91.8 cm³/mol. The molecule has 1 N–H and O–H groups in total. The molecule has 22 heavy (non-hydrogen) atoms. The van der Waals surface area contributed by atoms with Gasteiger partial charge in [-0.3, -0.25) is 4.79 Å². The average Bonchev–Trinajstić information content (AvgIpc) is 2.45. The summed E-state index contributed by atoms with van der Waals surface area (Å²) in [5.41, 5.74) is 1.07. The maximum atomic E-state index is 13.1. The summed E-state index contributed by atoms with van der Waals surface area (Å²) in [5, 5.41) is 3.31. The number of benzene rings is 1. The molecule has 4 aliphatic carbocycles. The van der Waals surface area contributed by atoms with Crippen molar-refractivity contribution < 1.29 is 4.79 Å². The predicted octanol–water partition coefficient (Wildman–Crippen LogP) is 4.60. The van der Waals surface area contributed by atoms with Gasteiger partial charge in [-0.15, -0.1) is 0 Å². The van der Waals surface area contributed by atoms with Crippen LogP contribution < -0.4 is 5.32 Å². The second kappa shape index (κ2) is 5.09. The molecule has 4 aliphatic rings. The highest BCUT2D eigenvalue weighted by Gasteiger charge is 2.59. The second-order valence-corrected chi connectivity index (χ2v) is 9.68. The van der Waals surface area contributed by atoms with Gasteiger partial charge in [-0.05, 0) is 62.8 Å². The van der Waals surface area contributed by atoms with Crippen LogP contribution in [0.25, 0.3) is 0 Å². The molecule has 0 aromatic heterocycles. The largest absolute Gasteiger partial charge is 0.349 e. The van der Waals surface area contributed by atoms with Gasteiger partial charge in [0, 0.05) is 4.32 Å². The van der Waals surface area contributed by atoms with Gasteiger partial charge in [-0.25, -0.2) is 0 Å².